The third-order valence-corrected chi connectivity index (χ3v) is 2.29. The molecule has 1 aromatic carbocycles. The van der Waals surface area contributed by atoms with E-state index in [1.807, 2.05) is 0 Å². The second kappa shape index (κ2) is 4.79. The smallest absolute Gasteiger partial charge is 0.253 e. The van der Waals surface area contributed by atoms with Gasteiger partial charge in [-0.3, -0.25) is 4.79 Å². The van der Waals surface area contributed by atoms with Crippen LogP contribution in [-0.4, -0.2) is 28.6 Å². The van der Waals surface area contributed by atoms with Crippen LogP contribution in [-0.2, 0) is 11.3 Å². The third-order valence-electron chi connectivity index (χ3n) is 2.29. The fourth-order valence-electron chi connectivity index (χ4n) is 1.44. The van der Waals surface area contributed by atoms with Crippen molar-refractivity contribution in [2.45, 2.75) is 26.0 Å². The number of hydrogen-bond acceptors (Lipinski definition) is 2. The Balaban J connectivity index is 2.81. The van der Waals surface area contributed by atoms with E-state index in [4.69, 9.17) is 0 Å². The van der Waals surface area contributed by atoms with Crippen LogP contribution < -0.4 is 0 Å². The van der Waals surface area contributed by atoms with Gasteiger partial charge in [-0.25, -0.2) is 8.78 Å². The van der Waals surface area contributed by atoms with Gasteiger partial charge in [0.1, 0.15) is 17.2 Å². The number of halogens is 2. The summed E-state index contributed by atoms with van der Waals surface area (Å²) < 4.78 is 26.0. The number of carbonyl (C=O) groups excluding carboxylic acids is 1. The molecule has 0 aliphatic rings. The van der Waals surface area contributed by atoms with E-state index in [2.05, 4.69) is 0 Å². The summed E-state index contributed by atoms with van der Waals surface area (Å²) in [6.07, 6.45) is 0. The van der Waals surface area contributed by atoms with Crippen LogP contribution in [0.2, 0.25) is 0 Å². The molecule has 0 spiro atoms. The molecule has 0 unspecified atom stereocenters. The molecule has 17 heavy (non-hydrogen) atoms. The van der Waals surface area contributed by atoms with Crippen molar-refractivity contribution < 1.29 is 18.7 Å². The predicted octanol–water partition coefficient (Wildman–Crippen LogP) is 1.69. The molecule has 0 aliphatic carbocycles. The number of hydrogen-bond donors (Lipinski definition) is 1. The van der Waals surface area contributed by atoms with Crippen LogP contribution in [0.5, 0.6) is 0 Å². The van der Waals surface area contributed by atoms with Gasteiger partial charge in [0.15, 0.2) is 0 Å². The van der Waals surface area contributed by atoms with Crippen LogP contribution in [0.15, 0.2) is 18.2 Å². The topological polar surface area (TPSA) is 40.5 Å². The zero-order chi connectivity index (χ0) is 13.2. The standard InChI is InChI=1S/C12H15F2NO2/c1-12(2,17)11(16)15(3)7-8-4-5-9(13)6-10(8)14/h4-6,17H,7H2,1-3H3. The van der Waals surface area contributed by atoms with E-state index in [1.165, 1.54) is 31.9 Å². The first kappa shape index (κ1) is 13.6. The average molecular weight is 243 g/mol. The molecule has 0 heterocycles. The maximum atomic E-state index is 13.3. The maximum absolute atomic E-state index is 13.3. The lowest BCUT2D eigenvalue weighted by Gasteiger charge is -2.25. The second-order valence-corrected chi connectivity index (χ2v) is 4.46. The molecule has 0 bridgehead atoms. The molecule has 0 aromatic heterocycles. The summed E-state index contributed by atoms with van der Waals surface area (Å²) >= 11 is 0. The van der Waals surface area contributed by atoms with Gasteiger partial charge in [0.05, 0.1) is 0 Å². The Hall–Kier alpha value is -1.49. The normalized spacial score (nSPS) is 11.4. The minimum absolute atomic E-state index is 0.0189. The van der Waals surface area contributed by atoms with E-state index in [0.29, 0.717) is 0 Å². The average Bonchev–Trinajstić information content (AvgIpc) is 2.19. The number of nitrogens with zero attached hydrogens (tertiary/aromatic N) is 1. The van der Waals surface area contributed by atoms with Crippen molar-refractivity contribution in [3.05, 3.63) is 35.4 Å². The van der Waals surface area contributed by atoms with Crippen LogP contribution in [0.4, 0.5) is 8.78 Å². The Morgan fingerprint density at radius 2 is 2.00 bits per heavy atom. The maximum Gasteiger partial charge on any atom is 0.253 e. The highest BCUT2D eigenvalue weighted by Crippen LogP contribution is 2.14. The quantitative estimate of drug-likeness (QED) is 0.877. The molecule has 1 amide bonds. The van der Waals surface area contributed by atoms with Gasteiger partial charge in [-0.2, -0.15) is 0 Å². The molecular formula is C12H15F2NO2. The van der Waals surface area contributed by atoms with Gasteiger partial charge in [-0.1, -0.05) is 6.07 Å². The Labute approximate surface area is 98.7 Å². The van der Waals surface area contributed by atoms with E-state index in [9.17, 15) is 18.7 Å². The van der Waals surface area contributed by atoms with E-state index < -0.39 is 23.1 Å². The molecule has 0 saturated carbocycles. The molecule has 0 radical (unpaired) electrons. The van der Waals surface area contributed by atoms with E-state index in [0.717, 1.165) is 12.1 Å². The van der Waals surface area contributed by atoms with Crippen molar-refractivity contribution in [3.63, 3.8) is 0 Å². The minimum atomic E-state index is -1.51. The Morgan fingerprint density at radius 1 is 1.41 bits per heavy atom. The lowest BCUT2D eigenvalue weighted by Crippen LogP contribution is -2.42. The first-order valence-corrected chi connectivity index (χ1v) is 5.13. The SMILES string of the molecule is CN(Cc1ccc(F)cc1F)C(=O)C(C)(C)O. The van der Waals surface area contributed by atoms with E-state index in [1.54, 1.807) is 0 Å². The van der Waals surface area contributed by atoms with Crippen LogP contribution in [0, 0.1) is 11.6 Å². The largest absolute Gasteiger partial charge is 0.381 e. The molecule has 5 heteroatoms. The molecule has 3 nitrogen and oxygen atoms in total. The van der Waals surface area contributed by atoms with Crippen LogP contribution >= 0.6 is 0 Å². The van der Waals surface area contributed by atoms with Crippen molar-refractivity contribution in [1.82, 2.24) is 4.90 Å². The van der Waals surface area contributed by atoms with Crippen molar-refractivity contribution in [2.24, 2.45) is 0 Å². The molecule has 0 aliphatic heterocycles. The summed E-state index contributed by atoms with van der Waals surface area (Å²) in [6, 6.07) is 3.16. The molecule has 1 rings (SSSR count). The minimum Gasteiger partial charge on any atom is -0.381 e. The van der Waals surface area contributed by atoms with Gasteiger partial charge in [-0.05, 0) is 19.9 Å². The lowest BCUT2D eigenvalue weighted by atomic mass is 10.1. The van der Waals surface area contributed by atoms with E-state index >= 15 is 0 Å². The van der Waals surface area contributed by atoms with Gasteiger partial charge in [0.2, 0.25) is 0 Å². The first-order chi connectivity index (χ1) is 7.71. The third kappa shape index (κ3) is 3.49. The second-order valence-electron chi connectivity index (χ2n) is 4.46. The lowest BCUT2D eigenvalue weighted by molar-refractivity contribution is -0.147. The number of carbonyl (C=O) groups is 1. The monoisotopic (exact) mass is 243 g/mol. The summed E-state index contributed by atoms with van der Waals surface area (Å²) in [6.45, 7) is 2.69. The Morgan fingerprint density at radius 3 is 2.47 bits per heavy atom. The first-order valence-electron chi connectivity index (χ1n) is 5.13. The van der Waals surface area contributed by atoms with Crippen molar-refractivity contribution >= 4 is 5.91 Å². The summed E-state index contributed by atoms with van der Waals surface area (Å²) in [5.41, 5.74) is -1.31. The van der Waals surface area contributed by atoms with E-state index in [-0.39, 0.29) is 12.1 Å². The predicted molar refractivity (Wildman–Crippen MR) is 59.1 cm³/mol. The highest BCUT2D eigenvalue weighted by molar-refractivity contribution is 5.83. The number of benzene rings is 1. The van der Waals surface area contributed by atoms with Crippen LogP contribution in [0.25, 0.3) is 0 Å². The van der Waals surface area contributed by atoms with Gasteiger partial charge < -0.3 is 10.0 Å². The highest BCUT2D eigenvalue weighted by atomic mass is 19.1. The number of likely N-dealkylation sites (N-methyl/N-ethyl adjacent to an activating group) is 1. The zero-order valence-corrected chi connectivity index (χ0v) is 10.00. The summed E-state index contributed by atoms with van der Waals surface area (Å²) in [7, 11) is 1.45. The zero-order valence-electron chi connectivity index (χ0n) is 10.00. The number of aliphatic hydroxyl groups is 1. The van der Waals surface area contributed by atoms with Gasteiger partial charge in [0, 0.05) is 25.2 Å². The molecule has 1 N–H and O–H groups in total. The highest BCUT2D eigenvalue weighted by Gasteiger charge is 2.27. The number of amides is 1. The fraction of sp³-hybridized carbons (Fsp3) is 0.417. The fourth-order valence-corrected chi connectivity index (χ4v) is 1.44. The van der Waals surface area contributed by atoms with Gasteiger partial charge >= 0.3 is 0 Å². The van der Waals surface area contributed by atoms with Crippen molar-refractivity contribution in [2.75, 3.05) is 7.05 Å². The Bertz CT molecular complexity index is 427. The summed E-state index contributed by atoms with van der Waals surface area (Å²) in [4.78, 5) is 12.8. The van der Waals surface area contributed by atoms with Crippen molar-refractivity contribution in [1.29, 1.82) is 0 Å². The molecule has 94 valence electrons. The molecule has 0 atom stereocenters. The molecule has 0 saturated heterocycles. The molecule has 0 fully saturated rings. The summed E-state index contributed by atoms with van der Waals surface area (Å²) in [5.74, 6) is -1.90. The molecular weight excluding hydrogens is 228 g/mol. The van der Waals surface area contributed by atoms with Gasteiger partial charge in [0.25, 0.3) is 5.91 Å². The Kier molecular flexibility index (Phi) is 3.83. The van der Waals surface area contributed by atoms with Crippen LogP contribution in [0.1, 0.15) is 19.4 Å². The number of rotatable bonds is 3. The van der Waals surface area contributed by atoms with Crippen molar-refractivity contribution in [3.8, 4) is 0 Å². The molecule has 1 aromatic rings. The van der Waals surface area contributed by atoms with Gasteiger partial charge in [-0.15, -0.1) is 0 Å². The van der Waals surface area contributed by atoms with Crippen LogP contribution in [0.3, 0.4) is 0 Å². The summed E-state index contributed by atoms with van der Waals surface area (Å²) in [5, 5.41) is 9.50.